The average molecular weight is 741 g/mol. The largest absolute Gasteiger partial charge is 0.545 e. The molecule has 0 spiro atoms. The molecule has 1 radical (unpaired) electrons. The van der Waals surface area contributed by atoms with Crippen molar-refractivity contribution in [1.29, 1.82) is 0 Å². The first-order chi connectivity index (χ1) is 19.5. The maximum absolute atomic E-state index is 12.3. The molecule has 2 aromatic rings. The number of unbranched alkanes of at least 4 members (excludes halogenated alkanes) is 2. The van der Waals surface area contributed by atoms with Gasteiger partial charge in [-0.15, -0.1) is 0 Å². The van der Waals surface area contributed by atoms with Crippen LogP contribution < -0.4 is 5.32 Å². The van der Waals surface area contributed by atoms with E-state index in [9.17, 15) is 19.6 Å². The van der Waals surface area contributed by atoms with Crippen LogP contribution in [0.15, 0.2) is 48.8 Å². The Hall–Kier alpha value is -3.14. The van der Waals surface area contributed by atoms with Crippen LogP contribution in [0.1, 0.15) is 49.9 Å². The number of carbonyl (C=O) groups excluding carboxylic acids is 5. The fourth-order valence-electron chi connectivity index (χ4n) is 4.23. The fraction of sp³-hybridized carbons (Fsp3) is 0.444. The number of carbonyl (C=O) groups is 2. The van der Waals surface area contributed by atoms with Gasteiger partial charge in [0.05, 0.1) is 23.9 Å². The average Bonchev–Trinajstić information content (AvgIpc) is 3.51. The van der Waals surface area contributed by atoms with Crippen molar-refractivity contribution in [3.8, 4) is 0 Å². The first-order valence-corrected chi connectivity index (χ1v) is 12.7. The van der Waals surface area contributed by atoms with Crippen LogP contribution in [-0.2, 0) is 57.5 Å². The summed E-state index contributed by atoms with van der Waals surface area (Å²) in [7, 11) is -1.54. The first kappa shape index (κ1) is 40.0. The molecule has 0 bridgehead atoms. The minimum Gasteiger partial charge on any atom is -0.545 e. The zero-order chi connectivity index (χ0) is 30.2. The summed E-state index contributed by atoms with van der Waals surface area (Å²) >= 11 is 0. The minimum absolute atomic E-state index is 0. The third-order valence-corrected chi connectivity index (χ3v) is 6.00. The number of nitrogens with one attached hydrogen (secondary N) is 1. The van der Waals surface area contributed by atoms with Crippen LogP contribution in [0.2, 0.25) is 0 Å². The number of nitrogens with zero attached hydrogens (tertiary/aromatic N) is 4. The maximum Gasteiger partial charge on any atom is 0.475 e. The third kappa shape index (κ3) is 16.7. The molecule has 1 aliphatic heterocycles. The Balaban J connectivity index is 0. The molecule has 225 valence electrons. The molecule has 1 fully saturated rings. The normalized spacial score (nSPS) is 13.1. The van der Waals surface area contributed by atoms with E-state index in [-0.39, 0.29) is 38.8 Å². The van der Waals surface area contributed by atoms with Crippen molar-refractivity contribution >= 4 is 39.3 Å². The van der Waals surface area contributed by atoms with Crippen molar-refractivity contribution in [3.63, 3.8) is 0 Å². The summed E-state index contributed by atoms with van der Waals surface area (Å²) in [5.41, 5.74) is 2.02. The minimum atomic E-state index is -1.54. The molecule has 2 aromatic heterocycles. The molecule has 14 heteroatoms. The predicted molar refractivity (Wildman–Crippen MR) is 149 cm³/mol. The molecule has 3 heterocycles. The standard InChI is InChI=1S/C24H34BN5O4.3CHO.Re/c31-23(28-17-24(32)30-16-8-11-22(30)25(33)34)12-2-1-7-15-29(18-20-9-3-5-13-26-20)19-21-10-4-6-14-27-21;3*1-2;/h3-6,9-10,13-14,22,33-34H,1-2,7-8,11-12,15-19H2,(H,28,31);3*1H;/q;3*-1;. The molecule has 0 aromatic carbocycles. The predicted octanol–water partition coefficient (Wildman–Crippen LogP) is 0.334. The van der Waals surface area contributed by atoms with E-state index in [0.29, 0.717) is 19.4 Å². The molecular weight excluding hydrogens is 703 g/mol. The van der Waals surface area contributed by atoms with E-state index >= 15 is 0 Å². The van der Waals surface area contributed by atoms with Crippen LogP contribution in [0.3, 0.4) is 0 Å². The SMILES string of the molecule is O=C(CCCCCN(Cc1ccccn1)Cc1ccccn1)NCC(=O)N1CCCC1B(O)O.[CH-]=O.[CH-]=O.[CH-]=O.[Re]. The number of aromatic nitrogens is 2. The second-order valence-corrected chi connectivity index (χ2v) is 8.65. The van der Waals surface area contributed by atoms with E-state index in [1.807, 2.05) is 36.4 Å². The molecular formula is C27H37BN5O7Re-3. The maximum atomic E-state index is 12.3. The Morgan fingerprint density at radius 2 is 1.49 bits per heavy atom. The Morgan fingerprint density at radius 1 is 0.927 bits per heavy atom. The Kier molecular flexibility index (Phi) is 25.2. The van der Waals surface area contributed by atoms with Crippen LogP contribution in [-0.4, -0.2) is 94.7 Å². The van der Waals surface area contributed by atoms with Gasteiger partial charge >= 0.3 is 7.12 Å². The van der Waals surface area contributed by atoms with Gasteiger partial charge < -0.3 is 34.6 Å². The van der Waals surface area contributed by atoms with Crippen LogP contribution in [0, 0.1) is 0 Å². The summed E-state index contributed by atoms with van der Waals surface area (Å²) in [6, 6.07) is 11.8. The van der Waals surface area contributed by atoms with Gasteiger partial charge in [0.25, 0.3) is 0 Å². The summed E-state index contributed by atoms with van der Waals surface area (Å²) in [6.45, 7) is 12.5. The smallest absolute Gasteiger partial charge is 0.475 e. The Labute approximate surface area is 255 Å². The van der Waals surface area contributed by atoms with Gasteiger partial charge in [0, 0.05) is 58.9 Å². The Bertz CT molecular complexity index is 904. The molecule has 1 aliphatic rings. The van der Waals surface area contributed by atoms with Crippen molar-refractivity contribution in [2.75, 3.05) is 19.6 Å². The summed E-state index contributed by atoms with van der Waals surface area (Å²) < 4.78 is 0. The molecule has 2 amide bonds. The Morgan fingerprint density at radius 3 is 1.98 bits per heavy atom. The summed E-state index contributed by atoms with van der Waals surface area (Å²) in [5, 5.41) is 21.4. The van der Waals surface area contributed by atoms with Crippen molar-refractivity contribution in [1.82, 2.24) is 25.1 Å². The van der Waals surface area contributed by atoms with Crippen LogP contribution in [0.4, 0.5) is 0 Å². The molecule has 41 heavy (non-hydrogen) atoms. The van der Waals surface area contributed by atoms with E-state index in [4.69, 9.17) is 14.4 Å². The topological polar surface area (TPSA) is 170 Å². The first-order valence-electron chi connectivity index (χ1n) is 12.7. The number of pyridine rings is 2. The molecule has 0 aliphatic carbocycles. The van der Waals surface area contributed by atoms with Crippen molar-refractivity contribution in [2.24, 2.45) is 0 Å². The number of hydrogen-bond acceptors (Lipinski definition) is 10. The number of amides is 2. The fourth-order valence-corrected chi connectivity index (χ4v) is 4.23. The quantitative estimate of drug-likeness (QED) is 0.113. The molecule has 12 nitrogen and oxygen atoms in total. The molecule has 1 saturated heterocycles. The van der Waals surface area contributed by atoms with Crippen LogP contribution >= 0.6 is 0 Å². The second kappa shape index (κ2) is 25.8. The van der Waals surface area contributed by atoms with E-state index < -0.39 is 13.1 Å². The summed E-state index contributed by atoms with van der Waals surface area (Å²) in [4.78, 5) is 60.3. The van der Waals surface area contributed by atoms with Gasteiger partial charge in [0.2, 0.25) is 11.8 Å². The third-order valence-electron chi connectivity index (χ3n) is 6.00. The zero-order valence-corrected chi connectivity index (χ0v) is 25.6. The van der Waals surface area contributed by atoms with E-state index in [2.05, 4.69) is 40.6 Å². The van der Waals surface area contributed by atoms with Crippen molar-refractivity contribution in [3.05, 3.63) is 60.2 Å². The van der Waals surface area contributed by atoms with Gasteiger partial charge in [0.15, 0.2) is 0 Å². The van der Waals surface area contributed by atoms with Crippen molar-refractivity contribution in [2.45, 2.75) is 57.6 Å². The van der Waals surface area contributed by atoms with Gasteiger partial charge in [-0.3, -0.25) is 44.8 Å². The van der Waals surface area contributed by atoms with Gasteiger partial charge in [-0.05, 0) is 56.5 Å². The monoisotopic (exact) mass is 741 g/mol. The van der Waals surface area contributed by atoms with Crippen molar-refractivity contribution < 1.29 is 54.4 Å². The van der Waals surface area contributed by atoms with Gasteiger partial charge in [-0.25, -0.2) is 0 Å². The van der Waals surface area contributed by atoms with Crippen LogP contribution in [0.25, 0.3) is 0 Å². The molecule has 3 N–H and O–H groups in total. The molecule has 1 unspecified atom stereocenters. The van der Waals surface area contributed by atoms with E-state index in [1.54, 1.807) is 12.4 Å². The molecule has 1 atom stereocenters. The van der Waals surface area contributed by atoms with Gasteiger partial charge in [-0.1, -0.05) is 18.6 Å². The van der Waals surface area contributed by atoms with Gasteiger partial charge in [0.1, 0.15) is 0 Å². The zero-order valence-electron chi connectivity index (χ0n) is 22.9. The number of likely N-dealkylation sites (tertiary alicyclic amines) is 1. The summed E-state index contributed by atoms with van der Waals surface area (Å²) in [5.74, 6) is -1.01. The number of rotatable bonds is 13. The number of hydrogen-bond donors (Lipinski definition) is 3. The molecule has 3 rings (SSSR count). The van der Waals surface area contributed by atoms with Gasteiger partial charge in [-0.2, -0.15) is 0 Å². The summed E-state index contributed by atoms with van der Waals surface area (Å²) in [6.07, 6.45) is 7.83. The van der Waals surface area contributed by atoms with Crippen LogP contribution in [0.5, 0.6) is 0 Å². The molecule has 0 saturated carbocycles. The van der Waals surface area contributed by atoms with E-state index in [0.717, 1.165) is 56.7 Å². The van der Waals surface area contributed by atoms with E-state index in [1.165, 1.54) is 4.90 Å². The second-order valence-electron chi connectivity index (χ2n) is 8.65.